The zero-order valence-electron chi connectivity index (χ0n) is 9.47. The Hall–Kier alpha value is -2.63. The van der Waals surface area contributed by atoms with Crippen molar-refractivity contribution in [1.82, 2.24) is 15.2 Å². The lowest BCUT2D eigenvalue weighted by atomic mass is 10.2. The van der Waals surface area contributed by atoms with Crippen molar-refractivity contribution in [3.63, 3.8) is 0 Å². The first kappa shape index (κ1) is 10.5. The molecule has 3 rings (SSSR count). The van der Waals surface area contributed by atoms with E-state index in [1.165, 1.54) is 6.07 Å². The maximum atomic E-state index is 11.1. The van der Waals surface area contributed by atoms with Gasteiger partial charge in [-0.05, 0) is 19.1 Å². The lowest BCUT2D eigenvalue weighted by Crippen LogP contribution is -1.96. The second kappa shape index (κ2) is 3.69. The van der Waals surface area contributed by atoms with Gasteiger partial charge in [-0.2, -0.15) is 5.10 Å². The molecule has 2 aromatic heterocycles. The van der Waals surface area contributed by atoms with Crippen LogP contribution in [0.2, 0.25) is 0 Å². The fourth-order valence-corrected chi connectivity index (χ4v) is 1.80. The van der Waals surface area contributed by atoms with Gasteiger partial charge in [-0.25, -0.2) is 9.78 Å². The molecule has 2 heterocycles. The van der Waals surface area contributed by atoms with E-state index in [4.69, 9.17) is 9.52 Å². The molecule has 0 fully saturated rings. The smallest absolute Gasteiger partial charge is 0.338 e. The quantitative estimate of drug-likeness (QED) is 0.720. The van der Waals surface area contributed by atoms with Crippen molar-refractivity contribution >= 4 is 17.1 Å². The second-order valence-corrected chi connectivity index (χ2v) is 3.89. The van der Waals surface area contributed by atoms with Crippen molar-refractivity contribution in [2.45, 2.75) is 6.92 Å². The number of fused-ring (bicyclic) bond motifs is 1. The molecule has 6 nitrogen and oxygen atoms in total. The van der Waals surface area contributed by atoms with Crippen molar-refractivity contribution in [3.05, 3.63) is 35.7 Å². The van der Waals surface area contributed by atoms with Gasteiger partial charge in [0.2, 0.25) is 5.89 Å². The minimum absolute atomic E-state index is 0.128. The number of rotatable bonds is 2. The highest BCUT2D eigenvalue weighted by molar-refractivity contribution is 6.00. The number of aryl methyl sites for hydroxylation is 1. The van der Waals surface area contributed by atoms with Gasteiger partial charge in [-0.3, -0.25) is 5.10 Å². The van der Waals surface area contributed by atoms with Crippen LogP contribution in [-0.4, -0.2) is 26.3 Å². The molecule has 0 aliphatic heterocycles. The van der Waals surface area contributed by atoms with Crippen LogP contribution in [0.3, 0.4) is 0 Å². The SMILES string of the molecule is Cc1[nH]ncc1-c1nc2c(C(=O)O)cccc2o1. The molecule has 0 spiro atoms. The van der Waals surface area contributed by atoms with Crippen molar-refractivity contribution in [2.24, 2.45) is 0 Å². The number of carbonyl (C=O) groups is 1. The van der Waals surface area contributed by atoms with E-state index < -0.39 is 5.97 Å². The Balaban J connectivity index is 2.26. The molecule has 90 valence electrons. The summed E-state index contributed by atoms with van der Waals surface area (Å²) in [6.07, 6.45) is 1.60. The van der Waals surface area contributed by atoms with Gasteiger partial charge in [-0.1, -0.05) is 6.07 Å². The third-order valence-electron chi connectivity index (χ3n) is 2.71. The predicted molar refractivity (Wildman–Crippen MR) is 63.3 cm³/mol. The number of carboxylic acid groups (broad SMARTS) is 1. The Morgan fingerprint density at radius 2 is 2.28 bits per heavy atom. The number of hydrogen-bond donors (Lipinski definition) is 2. The highest BCUT2D eigenvalue weighted by atomic mass is 16.4. The van der Waals surface area contributed by atoms with E-state index in [-0.39, 0.29) is 5.56 Å². The van der Waals surface area contributed by atoms with Gasteiger partial charge in [0, 0.05) is 5.69 Å². The van der Waals surface area contributed by atoms with Crippen LogP contribution in [0, 0.1) is 6.92 Å². The molecule has 0 unspecified atom stereocenters. The number of aromatic carboxylic acids is 1. The van der Waals surface area contributed by atoms with E-state index in [9.17, 15) is 4.79 Å². The topological polar surface area (TPSA) is 92.0 Å². The third-order valence-corrected chi connectivity index (χ3v) is 2.71. The van der Waals surface area contributed by atoms with Gasteiger partial charge in [0.1, 0.15) is 5.52 Å². The van der Waals surface area contributed by atoms with Crippen molar-refractivity contribution in [1.29, 1.82) is 0 Å². The maximum Gasteiger partial charge on any atom is 0.338 e. The number of carboxylic acids is 1. The van der Waals surface area contributed by atoms with Gasteiger partial charge in [0.15, 0.2) is 5.58 Å². The molecule has 0 amide bonds. The van der Waals surface area contributed by atoms with Gasteiger partial charge in [0.05, 0.1) is 17.3 Å². The minimum Gasteiger partial charge on any atom is -0.478 e. The molecule has 2 N–H and O–H groups in total. The molecule has 0 radical (unpaired) electrons. The van der Waals surface area contributed by atoms with E-state index >= 15 is 0 Å². The predicted octanol–water partition coefficient (Wildman–Crippen LogP) is 2.22. The number of aromatic amines is 1. The summed E-state index contributed by atoms with van der Waals surface area (Å²) in [5.74, 6) is -0.658. The van der Waals surface area contributed by atoms with Gasteiger partial charge in [0.25, 0.3) is 0 Å². The molecule has 18 heavy (non-hydrogen) atoms. The number of H-pyrrole nitrogens is 1. The number of aromatic nitrogens is 3. The summed E-state index contributed by atoms with van der Waals surface area (Å²) in [5.41, 5.74) is 2.47. The van der Waals surface area contributed by atoms with Crippen LogP contribution >= 0.6 is 0 Å². The highest BCUT2D eigenvalue weighted by Gasteiger charge is 2.16. The molecule has 1 aromatic carbocycles. The molecule has 0 aliphatic carbocycles. The van der Waals surface area contributed by atoms with Crippen molar-refractivity contribution in [3.8, 4) is 11.5 Å². The largest absolute Gasteiger partial charge is 0.478 e. The lowest BCUT2D eigenvalue weighted by molar-refractivity contribution is 0.0699. The van der Waals surface area contributed by atoms with Crippen LogP contribution in [0.4, 0.5) is 0 Å². The number of nitrogens with zero attached hydrogens (tertiary/aromatic N) is 2. The number of hydrogen-bond acceptors (Lipinski definition) is 4. The molecule has 0 bridgehead atoms. The van der Waals surface area contributed by atoms with Crippen LogP contribution in [0.1, 0.15) is 16.1 Å². The molecule has 0 atom stereocenters. The highest BCUT2D eigenvalue weighted by Crippen LogP contribution is 2.27. The maximum absolute atomic E-state index is 11.1. The van der Waals surface area contributed by atoms with Crippen LogP contribution in [0.5, 0.6) is 0 Å². The summed E-state index contributed by atoms with van der Waals surface area (Å²) in [4.78, 5) is 15.3. The third kappa shape index (κ3) is 1.46. The van der Waals surface area contributed by atoms with E-state index in [0.717, 1.165) is 11.3 Å². The minimum atomic E-state index is -1.02. The Labute approximate surface area is 101 Å². The van der Waals surface area contributed by atoms with Crippen molar-refractivity contribution in [2.75, 3.05) is 0 Å². The first-order chi connectivity index (χ1) is 8.66. The Morgan fingerprint density at radius 3 is 2.94 bits per heavy atom. The van der Waals surface area contributed by atoms with Crippen LogP contribution < -0.4 is 0 Å². The number of benzene rings is 1. The van der Waals surface area contributed by atoms with Crippen molar-refractivity contribution < 1.29 is 14.3 Å². The van der Waals surface area contributed by atoms with E-state index in [1.54, 1.807) is 18.3 Å². The van der Waals surface area contributed by atoms with Gasteiger partial charge < -0.3 is 9.52 Å². The Kier molecular flexibility index (Phi) is 2.16. The zero-order valence-corrected chi connectivity index (χ0v) is 9.47. The van der Waals surface area contributed by atoms with E-state index in [0.29, 0.717) is 17.0 Å². The summed E-state index contributed by atoms with van der Waals surface area (Å²) in [7, 11) is 0. The number of nitrogens with one attached hydrogen (secondary N) is 1. The Bertz CT molecular complexity index is 742. The zero-order chi connectivity index (χ0) is 12.7. The molecule has 0 saturated carbocycles. The van der Waals surface area contributed by atoms with Crippen LogP contribution in [0.25, 0.3) is 22.6 Å². The van der Waals surface area contributed by atoms with E-state index in [2.05, 4.69) is 15.2 Å². The summed E-state index contributed by atoms with van der Waals surface area (Å²) in [5, 5.41) is 15.7. The second-order valence-electron chi connectivity index (χ2n) is 3.89. The first-order valence-electron chi connectivity index (χ1n) is 5.30. The average molecular weight is 243 g/mol. The van der Waals surface area contributed by atoms with Gasteiger partial charge in [-0.15, -0.1) is 0 Å². The van der Waals surface area contributed by atoms with E-state index in [1.807, 2.05) is 6.92 Å². The fourth-order valence-electron chi connectivity index (χ4n) is 1.80. The normalized spacial score (nSPS) is 10.9. The molecular formula is C12H9N3O3. The summed E-state index contributed by atoms with van der Waals surface area (Å²) >= 11 is 0. The molecule has 0 saturated heterocycles. The molecule has 0 aliphatic rings. The monoisotopic (exact) mass is 243 g/mol. The Morgan fingerprint density at radius 1 is 1.44 bits per heavy atom. The summed E-state index contributed by atoms with van der Waals surface area (Å²) in [6, 6.07) is 4.82. The van der Waals surface area contributed by atoms with Crippen LogP contribution in [-0.2, 0) is 0 Å². The molecule has 6 heteroatoms. The summed E-state index contributed by atoms with van der Waals surface area (Å²) < 4.78 is 5.55. The van der Waals surface area contributed by atoms with Gasteiger partial charge >= 0.3 is 5.97 Å². The molecular weight excluding hydrogens is 234 g/mol. The lowest BCUT2D eigenvalue weighted by Gasteiger charge is -1.92. The standard InChI is InChI=1S/C12H9N3O3/c1-6-8(5-13-15-6)11-14-10-7(12(16)17)3-2-4-9(10)18-11/h2-5H,1H3,(H,13,15)(H,16,17). The van der Waals surface area contributed by atoms with Crippen LogP contribution in [0.15, 0.2) is 28.8 Å². The number of oxazole rings is 1. The molecule has 3 aromatic rings. The average Bonchev–Trinajstić information content (AvgIpc) is 2.92. The first-order valence-corrected chi connectivity index (χ1v) is 5.30. The summed E-state index contributed by atoms with van der Waals surface area (Å²) in [6.45, 7) is 1.84. The number of para-hydroxylation sites is 1. The fraction of sp³-hybridized carbons (Fsp3) is 0.0833.